The van der Waals surface area contributed by atoms with E-state index in [1.807, 2.05) is 0 Å². The van der Waals surface area contributed by atoms with E-state index in [-0.39, 0.29) is 0 Å². The molecule has 0 radical (unpaired) electrons. The van der Waals surface area contributed by atoms with E-state index in [4.69, 9.17) is 0 Å². The summed E-state index contributed by atoms with van der Waals surface area (Å²) in [4.78, 5) is 0. The maximum Gasteiger partial charge on any atom is -0.0269 e. The lowest BCUT2D eigenvalue weighted by Gasteiger charge is -2.33. The van der Waals surface area contributed by atoms with Crippen molar-refractivity contribution in [3.05, 3.63) is 0 Å². The second kappa shape index (κ2) is 4.02. The molecule has 0 spiro atoms. The van der Waals surface area contributed by atoms with Crippen LogP contribution in [0, 0.1) is 23.2 Å². The van der Waals surface area contributed by atoms with E-state index in [1.165, 1.54) is 25.7 Å². The highest BCUT2D eigenvalue weighted by atomic mass is 14.5. The molecule has 0 aromatic carbocycles. The van der Waals surface area contributed by atoms with Gasteiger partial charge in [0.2, 0.25) is 0 Å². The Morgan fingerprint density at radius 1 is 1.15 bits per heavy atom. The lowest BCUT2D eigenvalue weighted by Crippen LogP contribution is -2.24. The molecule has 0 saturated heterocycles. The van der Waals surface area contributed by atoms with Crippen LogP contribution in [0.25, 0.3) is 0 Å². The average molecular weight is 182 g/mol. The fraction of sp³-hybridized carbons (Fsp3) is 1.00. The first-order valence-corrected chi connectivity index (χ1v) is 6.07. The molecular weight excluding hydrogens is 156 g/mol. The van der Waals surface area contributed by atoms with Crippen molar-refractivity contribution in [3.8, 4) is 0 Å². The quantitative estimate of drug-likeness (QED) is 0.603. The van der Waals surface area contributed by atoms with Crippen LogP contribution in [-0.2, 0) is 0 Å². The van der Waals surface area contributed by atoms with Crippen LogP contribution >= 0.6 is 0 Å². The van der Waals surface area contributed by atoms with Crippen molar-refractivity contribution in [2.24, 2.45) is 23.2 Å². The molecule has 1 aliphatic carbocycles. The third kappa shape index (κ3) is 1.78. The summed E-state index contributed by atoms with van der Waals surface area (Å²) in [5.74, 6) is 2.82. The van der Waals surface area contributed by atoms with Crippen LogP contribution < -0.4 is 0 Å². The van der Waals surface area contributed by atoms with Crippen molar-refractivity contribution in [2.75, 3.05) is 0 Å². The van der Waals surface area contributed by atoms with Crippen molar-refractivity contribution in [2.45, 2.75) is 60.3 Å². The molecule has 0 bridgehead atoms. The molecule has 1 rings (SSSR count). The van der Waals surface area contributed by atoms with Gasteiger partial charge in [-0.2, -0.15) is 0 Å². The van der Waals surface area contributed by atoms with Crippen molar-refractivity contribution in [3.63, 3.8) is 0 Å². The van der Waals surface area contributed by atoms with E-state index in [9.17, 15) is 0 Å². The van der Waals surface area contributed by atoms with Gasteiger partial charge in [0.15, 0.2) is 0 Å². The second-order valence-corrected chi connectivity index (χ2v) is 5.30. The molecule has 1 fully saturated rings. The summed E-state index contributed by atoms with van der Waals surface area (Å²) < 4.78 is 0. The summed E-state index contributed by atoms with van der Waals surface area (Å²) in [5, 5.41) is 0. The van der Waals surface area contributed by atoms with Gasteiger partial charge in [-0.05, 0) is 36.0 Å². The first-order valence-electron chi connectivity index (χ1n) is 6.07. The van der Waals surface area contributed by atoms with Gasteiger partial charge in [0.05, 0.1) is 0 Å². The number of hydrogen-bond acceptors (Lipinski definition) is 0. The van der Waals surface area contributed by atoms with Gasteiger partial charge in [-0.1, -0.05) is 47.5 Å². The molecule has 0 amide bonds. The molecule has 3 unspecified atom stereocenters. The monoisotopic (exact) mass is 182 g/mol. The van der Waals surface area contributed by atoms with Gasteiger partial charge < -0.3 is 0 Å². The highest BCUT2D eigenvalue weighted by molar-refractivity contribution is 4.94. The van der Waals surface area contributed by atoms with Crippen LogP contribution in [0.3, 0.4) is 0 Å². The van der Waals surface area contributed by atoms with Crippen LogP contribution in [0.2, 0.25) is 0 Å². The first kappa shape index (κ1) is 11.1. The van der Waals surface area contributed by atoms with E-state index < -0.39 is 0 Å². The molecule has 0 aromatic rings. The average Bonchev–Trinajstić information content (AvgIpc) is 2.32. The highest BCUT2D eigenvalue weighted by Crippen LogP contribution is 2.54. The van der Waals surface area contributed by atoms with Crippen molar-refractivity contribution >= 4 is 0 Å². The highest BCUT2D eigenvalue weighted by Gasteiger charge is 2.45. The predicted molar refractivity (Wildman–Crippen MR) is 59.7 cm³/mol. The van der Waals surface area contributed by atoms with Gasteiger partial charge in [0.1, 0.15) is 0 Å². The van der Waals surface area contributed by atoms with Gasteiger partial charge in [-0.15, -0.1) is 0 Å². The van der Waals surface area contributed by atoms with E-state index in [2.05, 4.69) is 34.6 Å². The predicted octanol–water partition coefficient (Wildman–Crippen LogP) is 4.49. The number of rotatable bonds is 3. The van der Waals surface area contributed by atoms with Crippen LogP contribution in [0.4, 0.5) is 0 Å². The Morgan fingerprint density at radius 3 is 2.08 bits per heavy atom. The molecule has 1 saturated carbocycles. The molecule has 78 valence electrons. The van der Waals surface area contributed by atoms with Crippen molar-refractivity contribution in [1.29, 1.82) is 0 Å². The van der Waals surface area contributed by atoms with E-state index in [0.29, 0.717) is 5.41 Å². The molecule has 0 heterocycles. The third-order valence-electron chi connectivity index (χ3n) is 4.83. The van der Waals surface area contributed by atoms with Gasteiger partial charge in [-0.25, -0.2) is 0 Å². The molecular formula is C13H26. The Labute approximate surface area is 84.1 Å². The summed E-state index contributed by atoms with van der Waals surface area (Å²) in [5.41, 5.74) is 0.688. The van der Waals surface area contributed by atoms with E-state index in [1.54, 1.807) is 0 Å². The van der Waals surface area contributed by atoms with E-state index in [0.717, 1.165) is 17.8 Å². The standard InChI is InChI=1S/C13H26/c1-6-8-13(7-2)9-10(3)11(4)12(13)5/h10-12H,6-9H2,1-5H3/t10?,11?,12?,13-/m0/s1. The molecule has 0 aliphatic heterocycles. The van der Waals surface area contributed by atoms with Crippen LogP contribution in [-0.4, -0.2) is 0 Å². The zero-order chi connectivity index (χ0) is 10.1. The zero-order valence-electron chi connectivity index (χ0n) is 10.1. The second-order valence-electron chi connectivity index (χ2n) is 5.30. The lowest BCUT2D eigenvalue weighted by molar-refractivity contribution is 0.164. The van der Waals surface area contributed by atoms with Gasteiger partial charge in [-0.3, -0.25) is 0 Å². The molecule has 0 heteroatoms. The molecule has 4 atom stereocenters. The van der Waals surface area contributed by atoms with Crippen LogP contribution in [0.5, 0.6) is 0 Å². The van der Waals surface area contributed by atoms with Crippen molar-refractivity contribution < 1.29 is 0 Å². The van der Waals surface area contributed by atoms with Gasteiger partial charge in [0, 0.05) is 0 Å². The van der Waals surface area contributed by atoms with Crippen molar-refractivity contribution in [1.82, 2.24) is 0 Å². The summed E-state index contributed by atoms with van der Waals surface area (Å²) >= 11 is 0. The largest absolute Gasteiger partial charge is 0.0654 e. The summed E-state index contributed by atoms with van der Waals surface area (Å²) in [6, 6.07) is 0. The molecule has 0 nitrogen and oxygen atoms in total. The maximum atomic E-state index is 2.48. The molecule has 13 heavy (non-hydrogen) atoms. The summed E-state index contributed by atoms with van der Waals surface area (Å²) in [6.45, 7) is 12.1. The Bertz CT molecular complexity index is 161. The summed E-state index contributed by atoms with van der Waals surface area (Å²) in [6.07, 6.45) is 5.66. The Kier molecular flexibility index (Phi) is 3.43. The maximum absolute atomic E-state index is 2.48. The molecule has 0 aromatic heterocycles. The Hall–Kier alpha value is 0. The number of hydrogen-bond donors (Lipinski definition) is 0. The SMILES string of the molecule is CCC[C@@]1(CC)CC(C)C(C)C1C. The fourth-order valence-electron chi connectivity index (χ4n) is 3.53. The smallest absolute Gasteiger partial charge is 0.0269 e. The van der Waals surface area contributed by atoms with Gasteiger partial charge in [0.25, 0.3) is 0 Å². The normalized spacial score (nSPS) is 45.5. The van der Waals surface area contributed by atoms with Crippen LogP contribution in [0.1, 0.15) is 60.3 Å². The third-order valence-corrected chi connectivity index (χ3v) is 4.83. The summed E-state index contributed by atoms with van der Waals surface area (Å²) in [7, 11) is 0. The van der Waals surface area contributed by atoms with Crippen LogP contribution in [0.15, 0.2) is 0 Å². The van der Waals surface area contributed by atoms with E-state index >= 15 is 0 Å². The van der Waals surface area contributed by atoms with Gasteiger partial charge >= 0.3 is 0 Å². The minimum absolute atomic E-state index is 0.688. The minimum Gasteiger partial charge on any atom is -0.0654 e. The molecule has 0 N–H and O–H groups in total. The topological polar surface area (TPSA) is 0 Å². The molecule has 1 aliphatic rings. The fourth-order valence-corrected chi connectivity index (χ4v) is 3.53. The first-order chi connectivity index (χ1) is 6.07. The minimum atomic E-state index is 0.688. The Balaban J connectivity index is 2.76. The zero-order valence-corrected chi connectivity index (χ0v) is 10.1. The Morgan fingerprint density at radius 2 is 1.77 bits per heavy atom. The lowest BCUT2D eigenvalue weighted by atomic mass is 9.72.